The van der Waals surface area contributed by atoms with E-state index >= 15 is 0 Å². The Labute approximate surface area is 255 Å². The lowest BCUT2D eigenvalue weighted by Gasteiger charge is -2.31. The van der Waals surface area contributed by atoms with Crippen molar-refractivity contribution in [1.82, 2.24) is 4.90 Å². The van der Waals surface area contributed by atoms with Crippen LogP contribution in [-0.4, -0.2) is 41.1 Å². The predicted octanol–water partition coefficient (Wildman–Crippen LogP) is 5.64. The second-order valence-corrected chi connectivity index (χ2v) is 11.6. The summed E-state index contributed by atoms with van der Waals surface area (Å²) in [7, 11) is 0. The van der Waals surface area contributed by atoms with E-state index in [1.807, 2.05) is 66.7 Å². The van der Waals surface area contributed by atoms with Crippen molar-refractivity contribution in [3.05, 3.63) is 125 Å². The smallest absolute Gasteiger partial charge is 0.262 e. The third-order valence-corrected chi connectivity index (χ3v) is 8.90. The van der Waals surface area contributed by atoms with Crippen molar-refractivity contribution in [2.75, 3.05) is 21.7 Å². The van der Waals surface area contributed by atoms with Crippen molar-refractivity contribution in [3.8, 4) is 0 Å². The molecule has 0 unspecified atom stereocenters. The number of anilines is 3. The summed E-state index contributed by atoms with van der Waals surface area (Å²) < 4.78 is 0. The van der Waals surface area contributed by atoms with Crippen LogP contribution in [0.4, 0.5) is 17.1 Å². The number of carbonyl (C=O) groups excluding carboxylic acids is 4. The summed E-state index contributed by atoms with van der Waals surface area (Å²) in [5, 5.41) is 3.44. The molecule has 3 aliphatic rings. The van der Waals surface area contributed by atoms with Gasteiger partial charge >= 0.3 is 0 Å². The van der Waals surface area contributed by atoms with E-state index in [0.29, 0.717) is 48.4 Å². The van der Waals surface area contributed by atoms with Gasteiger partial charge in [-0.3, -0.25) is 24.1 Å². The molecule has 0 saturated heterocycles. The summed E-state index contributed by atoms with van der Waals surface area (Å²) in [5.74, 6) is -1.69. The van der Waals surface area contributed by atoms with E-state index in [0.717, 1.165) is 22.6 Å². The molecule has 7 rings (SSSR count). The van der Waals surface area contributed by atoms with Gasteiger partial charge in [-0.25, -0.2) is 0 Å². The predicted molar refractivity (Wildman–Crippen MR) is 168 cm³/mol. The first-order chi connectivity index (χ1) is 21.5. The average molecular weight is 585 g/mol. The Hall–Kier alpha value is -5.24. The highest BCUT2D eigenvalue weighted by molar-refractivity contribution is 6.23. The standard InChI is InChI=1S/C36H32N4O4/c41-33(23-39-34(42)27-11-4-5-12-28(27)35(39)43)40-30-16-8-13-29(30)36(44)38(31-14-6-7-15-32(31)40)22-25-17-19-26(20-18-25)37-21-24-9-2-1-3-10-24/h1-7,9-12,14-15,17-20,29-30,37H,8,13,16,21-23H2/t29-,30+/m0/s1. The van der Waals surface area contributed by atoms with Gasteiger partial charge in [0.05, 0.1) is 35.0 Å². The Morgan fingerprint density at radius 3 is 2.02 bits per heavy atom. The van der Waals surface area contributed by atoms with Crippen molar-refractivity contribution in [2.24, 2.45) is 5.92 Å². The summed E-state index contributed by atoms with van der Waals surface area (Å²) in [6.45, 7) is 0.694. The maximum atomic E-state index is 14.1. The number of para-hydroxylation sites is 2. The minimum absolute atomic E-state index is 0.0118. The van der Waals surface area contributed by atoms with Crippen LogP contribution in [0.15, 0.2) is 103 Å². The lowest BCUT2D eigenvalue weighted by molar-refractivity contribution is -0.123. The van der Waals surface area contributed by atoms with E-state index in [9.17, 15) is 19.2 Å². The summed E-state index contributed by atoms with van der Waals surface area (Å²) in [6, 6.07) is 32.0. The normalized spacial score (nSPS) is 19.0. The zero-order valence-electron chi connectivity index (χ0n) is 24.2. The third kappa shape index (κ3) is 4.92. The van der Waals surface area contributed by atoms with E-state index in [4.69, 9.17) is 0 Å². The van der Waals surface area contributed by atoms with Gasteiger partial charge in [0.2, 0.25) is 11.8 Å². The van der Waals surface area contributed by atoms with E-state index in [-0.39, 0.29) is 30.3 Å². The molecule has 4 aromatic rings. The van der Waals surface area contributed by atoms with Gasteiger partial charge in [-0.2, -0.15) is 0 Å². The number of hydrogen-bond donors (Lipinski definition) is 1. The van der Waals surface area contributed by atoms with E-state index in [2.05, 4.69) is 17.4 Å². The molecule has 1 aliphatic carbocycles. The van der Waals surface area contributed by atoms with Gasteiger partial charge in [0, 0.05) is 18.3 Å². The second kappa shape index (κ2) is 11.4. The van der Waals surface area contributed by atoms with Crippen LogP contribution in [-0.2, 0) is 22.7 Å². The van der Waals surface area contributed by atoms with Crippen LogP contribution in [0.1, 0.15) is 51.1 Å². The first kappa shape index (κ1) is 27.6. The van der Waals surface area contributed by atoms with Gasteiger partial charge < -0.3 is 15.1 Å². The Kier molecular flexibility index (Phi) is 7.18. The molecular weight excluding hydrogens is 552 g/mol. The van der Waals surface area contributed by atoms with Crippen molar-refractivity contribution in [3.63, 3.8) is 0 Å². The number of imide groups is 1. The fourth-order valence-corrected chi connectivity index (χ4v) is 6.72. The Morgan fingerprint density at radius 1 is 0.682 bits per heavy atom. The van der Waals surface area contributed by atoms with E-state index in [1.165, 1.54) is 5.56 Å². The minimum Gasteiger partial charge on any atom is -0.381 e. The van der Waals surface area contributed by atoms with Crippen LogP contribution in [0, 0.1) is 5.92 Å². The molecule has 0 bridgehead atoms. The maximum Gasteiger partial charge on any atom is 0.262 e. The number of carbonyl (C=O) groups is 4. The van der Waals surface area contributed by atoms with Crippen molar-refractivity contribution in [1.29, 1.82) is 0 Å². The zero-order valence-corrected chi connectivity index (χ0v) is 24.2. The lowest BCUT2D eigenvalue weighted by Crippen LogP contribution is -2.49. The van der Waals surface area contributed by atoms with Crippen LogP contribution in [0.5, 0.6) is 0 Å². The van der Waals surface area contributed by atoms with Crippen molar-refractivity contribution >= 4 is 40.7 Å². The van der Waals surface area contributed by atoms with Gasteiger partial charge in [0.15, 0.2) is 0 Å². The molecule has 4 aromatic carbocycles. The molecule has 4 amide bonds. The number of nitrogens with one attached hydrogen (secondary N) is 1. The highest BCUT2D eigenvalue weighted by Gasteiger charge is 2.46. The molecular formula is C36H32N4O4. The maximum absolute atomic E-state index is 14.1. The average Bonchev–Trinajstić information content (AvgIpc) is 3.61. The van der Waals surface area contributed by atoms with Gasteiger partial charge in [-0.1, -0.05) is 73.2 Å². The molecule has 2 aliphatic heterocycles. The van der Waals surface area contributed by atoms with Crippen LogP contribution in [0.25, 0.3) is 0 Å². The van der Waals surface area contributed by atoms with Crippen LogP contribution < -0.4 is 15.1 Å². The lowest BCUT2D eigenvalue weighted by atomic mass is 10.0. The molecule has 8 nitrogen and oxygen atoms in total. The molecule has 220 valence electrons. The van der Waals surface area contributed by atoms with Crippen LogP contribution in [0.2, 0.25) is 0 Å². The first-order valence-electron chi connectivity index (χ1n) is 15.0. The number of benzene rings is 4. The number of fused-ring (bicyclic) bond motifs is 3. The summed E-state index contributed by atoms with van der Waals surface area (Å²) in [6.07, 6.45) is 2.16. The van der Waals surface area contributed by atoms with Crippen LogP contribution in [0.3, 0.4) is 0 Å². The Balaban J connectivity index is 1.15. The first-order valence-corrected chi connectivity index (χ1v) is 15.0. The van der Waals surface area contributed by atoms with E-state index in [1.54, 1.807) is 34.1 Å². The van der Waals surface area contributed by atoms with Gasteiger partial charge in [-0.05, 0) is 60.4 Å². The molecule has 0 radical (unpaired) electrons. The zero-order chi connectivity index (χ0) is 30.2. The third-order valence-electron chi connectivity index (χ3n) is 8.90. The number of nitrogens with zero attached hydrogens (tertiary/aromatic N) is 3. The summed E-state index contributed by atoms with van der Waals surface area (Å²) in [5.41, 5.74) is 5.04. The molecule has 1 saturated carbocycles. The molecule has 2 atom stereocenters. The largest absolute Gasteiger partial charge is 0.381 e. The highest BCUT2D eigenvalue weighted by atomic mass is 16.2. The molecule has 44 heavy (non-hydrogen) atoms. The minimum atomic E-state index is -0.468. The molecule has 1 N–H and O–H groups in total. The van der Waals surface area contributed by atoms with E-state index < -0.39 is 11.8 Å². The SMILES string of the molecule is O=C1c2ccccc2C(=O)N1CC(=O)N1c2ccccc2N(Cc2ccc(NCc3ccccc3)cc2)C(=O)[C@H]2CCC[C@H]21. The topological polar surface area (TPSA) is 90.0 Å². The quantitative estimate of drug-likeness (QED) is 0.284. The fourth-order valence-electron chi connectivity index (χ4n) is 6.72. The number of rotatable bonds is 7. The van der Waals surface area contributed by atoms with Gasteiger partial charge in [0.1, 0.15) is 6.54 Å². The number of hydrogen-bond acceptors (Lipinski definition) is 5. The Bertz CT molecular complexity index is 1720. The molecule has 8 heteroatoms. The highest BCUT2D eigenvalue weighted by Crippen LogP contribution is 2.43. The molecule has 2 heterocycles. The molecule has 1 fully saturated rings. The van der Waals surface area contributed by atoms with Gasteiger partial charge in [-0.15, -0.1) is 0 Å². The van der Waals surface area contributed by atoms with Crippen molar-refractivity contribution in [2.45, 2.75) is 38.4 Å². The monoisotopic (exact) mass is 584 g/mol. The molecule has 0 aromatic heterocycles. The number of amides is 4. The van der Waals surface area contributed by atoms with Crippen LogP contribution >= 0.6 is 0 Å². The fraction of sp³-hybridized carbons (Fsp3) is 0.222. The Morgan fingerprint density at radius 2 is 1.32 bits per heavy atom. The summed E-state index contributed by atoms with van der Waals surface area (Å²) >= 11 is 0. The molecule has 0 spiro atoms. The van der Waals surface area contributed by atoms with Gasteiger partial charge in [0.25, 0.3) is 11.8 Å². The second-order valence-electron chi connectivity index (χ2n) is 11.6. The summed E-state index contributed by atoms with van der Waals surface area (Å²) in [4.78, 5) is 58.9. The van der Waals surface area contributed by atoms with Crippen molar-refractivity contribution < 1.29 is 19.2 Å².